The van der Waals surface area contributed by atoms with Gasteiger partial charge in [-0.2, -0.15) is 0 Å². The van der Waals surface area contributed by atoms with Crippen LogP contribution in [0.1, 0.15) is 36.0 Å². The van der Waals surface area contributed by atoms with E-state index >= 15 is 0 Å². The Morgan fingerprint density at radius 3 is 2.75 bits per heavy atom. The molecule has 0 unspecified atom stereocenters. The summed E-state index contributed by atoms with van der Waals surface area (Å²) in [5.41, 5.74) is -0.00285. The van der Waals surface area contributed by atoms with Crippen molar-refractivity contribution in [2.45, 2.75) is 31.2 Å². The molecule has 3 rings (SSSR count). The maximum atomic E-state index is 12.5. The van der Waals surface area contributed by atoms with Gasteiger partial charge in [-0.05, 0) is 25.0 Å². The van der Waals surface area contributed by atoms with E-state index in [1.54, 1.807) is 18.2 Å². The van der Waals surface area contributed by atoms with Crippen LogP contribution in [0.25, 0.3) is 0 Å². The Hall–Kier alpha value is -1.75. The number of benzene rings is 1. The molecule has 1 aliphatic carbocycles. The van der Waals surface area contributed by atoms with Crippen molar-refractivity contribution in [2.24, 2.45) is 0 Å². The normalized spacial score (nSPS) is 19.6. The summed E-state index contributed by atoms with van der Waals surface area (Å²) < 4.78 is 11.0. The average Bonchev–Trinajstić information content (AvgIpc) is 2.95. The van der Waals surface area contributed by atoms with Gasteiger partial charge in [-0.1, -0.05) is 18.9 Å². The third kappa shape index (κ3) is 2.33. The molecule has 2 N–H and O–H groups in total. The minimum atomic E-state index is -0.477. The van der Waals surface area contributed by atoms with Crippen LogP contribution in [0.3, 0.4) is 0 Å². The summed E-state index contributed by atoms with van der Waals surface area (Å²) >= 11 is 0. The summed E-state index contributed by atoms with van der Waals surface area (Å²) in [4.78, 5) is 12.5. The van der Waals surface area contributed by atoms with E-state index in [0.29, 0.717) is 30.3 Å². The van der Waals surface area contributed by atoms with Gasteiger partial charge >= 0.3 is 0 Å². The molecule has 1 aromatic carbocycles. The summed E-state index contributed by atoms with van der Waals surface area (Å²) in [5, 5.41) is 12.6. The molecule has 1 saturated carbocycles. The summed E-state index contributed by atoms with van der Waals surface area (Å²) in [6, 6.07) is 5.30. The van der Waals surface area contributed by atoms with Gasteiger partial charge in [0, 0.05) is 0 Å². The topological polar surface area (TPSA) is 67.8 Å². The number of hydrogen-bond acceptors (Lipinski definition) is 4. The molecule has 0 aromatic heterocycles. The molecule has 0 atom stereocenters. The summed E-state index contributed by atoms with van der Waals surface area (Å²) in [7, 11) is 0. The molecule has 0 spiro atoms. The Labute approximate surface area is 117 Å². The van der Waals surface area contributed by atoms with E-state index in [9.17, 15) is 9.90 Å². The van der Waals surface area contributed by atoms with Gasteiger partial charge in [0.25, 0.3) is 5.91 Å². The Morgan fingerprint density at radius 1 is 1.25 bits per heavy atom. The van der Waals surface area contributed by atoms with Gasteiger partial charge in [0.2, 0.25) is 0 Å². The molecule has 1 fully saturated rings. The van der Waals surface area contributed by atoms with Crippen LogP contribution in [-0.4, -0.2) is 36.4 Å². The smallest absolute Gasteiger partial charge is 0.255 e. The van der Waals surface area contributed by atoms with Crippen molar-refractivity contribution in [3.8, 4) is 11.5 Å². The van der Waals surface area contributed by atoms with E-state index in [1.807, 2.05) is 0 Å². The zero-order valence-corrected chi connectivity index (χ0v) is 11.4. The number of para-hydroxylation sites is 1. The number of ether oxygens (including phenoxy) is 2. The largest absolute Gasteiger partial charge is 0.486 e. The highest BCUT2D eigenvalue weighted by Gasteiger charge is 2.35. The van der Waals surface area contributed by atoms with Crippen molar-refractivity contribution in [1.29, 1.82) is 0 Å². The highest BCUT2D eigenvalue weighted by atomic mass is 16.6. The van der Waals surface area contributed by atoms with Crippen LogP contribution in [0.4, 0.5) is 0 Å². The first-order chi connectivity index (χ1) is 9.74. The van der Waals surface area contributed by atoms with Gasteiger partial charge in [-0.25, -0.2) is 0 Å². The first kappa shape index (κ1) is 13.2. The molecule has 108 valence electrons. The maximum absolute atomic E-state index is 12.5. The Kier molecular flexibility index (Phi) is 3.53. The standard InChI is InChI=1S/C15H19NO4/c17-10-15(6-1-2-7-15)16-14(18)11-4-3-5-12-13(11)20-9-8-19-12/h3-5,17H,1-2,6-10H2,(H,16,18). The van der Waals surface area contributed by atoms with Gasteiger partial charge < -0.3 is 19.9 Å². The molecular weight excluding hydrogens is 258 g/mol. The van der Waals surface area contributed by atoms with Crippen molar-refractivity contribution in [3.05, 3.63) is 23.8 Å². The Bertz CT molecular complexity index is 509. The summed E-state index contributed by atoms with van der Waals surface area (Å²) in [5.74, 6) is 0.902. The predicted octanol–water partition coefficient (Wildman–Crippen LogP) is 1.49. The molecule has 1 aliphatic heterocycles. The fourth-order valence-corrected chi connectivity index (χ4v) is 2.94. The number of nitrogens with one attached hydrogen (secondary N) is 1. The number of hydrogen-bond donors (Lipinski definition) is 2. The van der Waals surface area contributed by atoms with Crippen LogP contribution < -0.4 is 14.8 Å². The molecule has 0 bridgehead atoms. The summed E-state index contributed by atoms with van der Waals surface area (Å²) in [6.45, 7) is 0.923. The fraction of sp³-hybridized carbons (Fsp3) is 0.533. The van der Waals surface area contributed by atoms with E-state index in [-0.39, 0.29) is 12.5 Å². The van der Waals surface area contributed by atoms with Crippen LogP contribution in [0.5, 0.6) is 11.5 Å². The maximum Gasteiger partial charge on any atom is 0.255 e. The predicted molar refractivity (Wildman–Crippen MR) is 73.2 cm³/mol. The van der Waals surface area contributed by atoms with E-state index < -0.39 is 5.54 Å². The van der Waals surface area contributed by atoms with Gasteiger partial charge in [0.15, 0.2) is 11.5 Å². The van der Waals surface area contributed by atoms with Gasteiger partial charge in [-0.15, -0.1) is 0 Å². The van der Waals surface area contributed by atoms with Crippen molar-refractivity contribution >= 4 is 5.91 Å². The van der Waals surface area contributed by atoms with Crippen molar-refractivity contribution in [1.82, 2.24) is 5.32 Å². The van der Waals surface area contributed by atoms with Crippen molar-refractivity contribution in [2.75, 3.05) is 19.8 Å². The highest BCUT2D eigenvalue weighted by Crippen LogP contribution is 2.35. The lowest BCUT2D eigenvalue weighted by atomic mass is 9.98. The zero-order valence-electron chi connectivity index (χ0n) is 11.4. The van der Waals surface area contributed by atoms with Crippen LogP contribution in [0.15, 0.2) is 18.2 Å². The molecule has 2 aliphatic rings. The lowest BCUT2D eigenvalue weighted by Crippen LogP contribution is -2.49. The Balaban J connectivity index is 1.84. The van der Waals surface area contributed by atoms with Crippen LogP contribution in [0.2, 0.25) is 0 Å². The number of fused-ring (bicyclic) bond motifs is 1. The molecule has 20 heavy (non-hydrogen) atoms. The SMILES string of the molecule is O=C(NC1(CO)CCCC1)c1cccc2c1OCCO2. The first-order valence-corrected chi connectivity index (χ1v) is 7.06. The first-order valence-electron chi connectivity index (χ1n) is 7.06. The van der Waals surface area contributed by atoms with Crippen LogP contribution >= 0.6 is 0 Å². The molecule has 5 heteroatoms. The third-order valence-electron chi connectivity index (χ3n) is 4.05. The second kappa shape index (κ2) is 5.32. The Morgan fingerprint density at radius 2 is 2.00 bits per heavy atom. The lowest BCUT2D eigenvalue weighted by Gasteiger charge is -2.29. The molecule has 0 radical (unpaired) electrons. The number of amides is 1. The highest BCUT2D eigenvalue weighted by molar-refractivity contribution is 5.98. The van der Waals surface area contributed by atoms with E-state index in [2.05, 4.69) is 5.32 Å². The van der Waals surface area contributed by atoms with Crippen molar-refractivity contribution in [3.63, 3.8) is 0 Å². The number of aliphatic hydroxyl groups excluding tert-OH is 1. The van der Waals surface area contributed by atoms with E-state index in [0.717, 1.165) is 25.7 Å². The van der Waals surface area contributed by atoms with E-state index in [4.69, 9.17) is 9.47 Å². The van der Waals surface area contributed by atoms with Gasteiger partial charge in [0.1, 0.15) is 13.2 Å². The molecule has 1 heterocycles. The number of carbonyl (C=O) groups is 1. The third-order valence-corrected chi connectivity index (χ3v) is 4.05. The van der Waals surface area contributed by atoms with Gasteiger partial charge in [0.05, 0.1) is 17.7 Å². The molecule has 0 saturated heterocycles. The van der Waals surface area contributed by atoms with Gasteiger partial charge in [-0.3, -0.25) is 4.79 Å². The second-order valence-corrected chi connectivity index (χ2v) is 5.43. The van der Waals surface area contributed by atoms with Crippen LogP contribution in [0, 0.1) is 0 Å². The second-order valence-electron chi connectivity index (χ2n) is 5.43. The van der Waals surface area contributed by atoms with Crippen molar-refractivity contribution < 1.29 is 19.4 Å². The minimum Gasteiger partial charge on any atom is -0.486 e. The zero-order chi connectivity index (χ0) is 14.0. The molecule has 1 aromatic rings. The van der Waals surface area contributed by atoms with Crippen LogP contribution in [-0.2, 0) is 0 Å². The monoisotopic (exact) mass is 277 g/mol. The average molecular weight is 277 g/mol. The summed E-state index contributed by atoms with van der Waals surface area (Å²) in [6.07, 6.45) is 3.71. The lowest BCUT2D eigenvalue weighted by molar-refractivity contribution is 0.0828. The molecule has 1 amide bonds. The number of rotatable bonds is 3. The quantitative estimate of drug-likeness (QED) is 0.878. The molecule has 5 nitrogen and oxygen atoms in total. The van der Waals surface area contributed by atoms with E-state index in [1.165, 1.54) is 0 Å². The fourth-order valence-electron chi connectivity index (χ4n) is 2.94. The number of carbonyl (C=O) groups excluding carboxylic acids is 1. The molecular formula is C15H19NO4. The minimum absolute atomic E-state index is 0.0227. The number of aliphatic hydroxyl groups is 1.